The first-order chi connectivity index (χ1) is 7.74. The minimum Gasteiger partial charge on any atom is -0.443 e. The molecule has 1 aromatic carbocycles. The molecule has 0 amide bonds. The monoisotopic (exact) mass is 213 g/mol. The van der Waals surface area contributed by atoms with Crippen molar-refractivity contribution in [3.05, 3.63) is 48.2 Å². The number of aliphatic hydroxyl groups excluding tert-OH is 1. The molecule has 0 aliphatic carbocycles. The molecule has 2 heterocycles. The lowest BCUT2D eigenvalue weighted by molar-refractivity contribution is 0.142. The van der Waals surface area contributed by atoms with Gasteiger partial charge in [0.1, 0.15) is 5.76 Å². The minimum atomic E-state index is -0.562. The summed E-state index contributed by atoms with van der Waals surface area (Å²) in [7, 11) is 0. The van der Waals surface area contributed by atoms with Gasteiger partial charge in [-0.3, -0.25) is 0 Å². The van der Waals surface area contributed by atoms with Crippen molar-refractivity contribution in [2.75, 3.05) is 0 Å². The molecule has 1 atom stereocenters. The number of fused-ring (bicyclic) bond motifs is 2. The van der Waals surface area contributed by atoms with Crippen molar-refractivity contribution < 1.29 is 9.84 Å². The number of rotatable bonds is 0. The minimum absolute atomic E-state index is 0.438. The quantitative estimate of drug-likeness (QED) is 0.731. The van der Waals surface area contributed by atoms with Crippen LogP contribution in [0.5, 0.6) is 5.88 Å². The molecule has 1 aliphatic rings. The van der Waals surface area contributed by atoms with Crippen LogP contribution in [0.2, 0.25) is 0 Å². The van der Waals surface area contributed by atoms with E-state index in [2.05, 4.69) is 11.6 Å². The summed E-state index contributed by atoms with van der Waals surface area (Å²) in [5.41, 5.74) is 1.61. The molecule has 0 fully saturated rings. The van der Waals surface area contributed by atoms with Crippen molar-refractivity contribution in [1.29, 1.82) is 0 Å². The maximum absolute atomic E-state index is 9.91. The Morgan fingerprint density at radius 2 is 2.19 bits per heavy atom. The van der Waals surface area contributed by atoms with E-state index in [1.807, 2.05) is 30.3 Å². The van der Waals surface area contributed by atoms with Crippen LogP contribution < -0.4 is 4.74 Å². The molecule has 0 spiro atoms. The number of aromatic nitrogens is 1. The van der Waals surface area contributed by atoms with E-state index in [0.29, 0.717) is 18.1 Å². The summed E-state index contributed by atoms with van der Waals surface area (Å²) >= 11 is 0. The predicted octanol–water partition coefficient (Wildman–Crippen LogP) is 2.56. The number of ether oxygens (including phenoxy) is 1. The zero-order chi connectivity index (χ0) is 11.1. The van der Waals surface area contributed by atoms with Crippen molar-refractivity contribution in [1.82, 2.24) is 4.98 Å². The predicted molar refractivity (Wildman–Crippen MR) is 61.1 cm³/mol. The number of aliphatic hydroxyl groups is 1. The summed E-state index contributed by atoms with van der Waals surface area (Å²) in [6.45, 7) is 3.72. The molecular weight excluding hydrogens is 202 g/mol. The van der Waals surface area contributed by atoms with Gasteiger partial charge < -0.3 is 9.84 Å². The molecule has 1 aromatic heterocycles. The Hall–Kier alpha value is -1.87. The molecule has 16 heavy (non-hydrogen) atoms. The highest BCUT2D eigenvalue weighted by molar-refractivity contribution is 5.80. The van der Waals surface area contributed by atoms with Crippen LogP contribution in [-0.4, -0.2) is 10.1 Å². The van der Waals surface area contributed by atoms with E-state index < -0.39 is 6.10 Å². The van der Waals surface area contributed by atoms with E-state index in [9.17, 15) is 5.11 Å². The van der Waals surface area contributed by atoms with Gasteiger partial charge in [0.05, 0.1) is 11.6 Å². The molecule has 3 heteroatoms. The van der Waals surface area contributed by atoms with Gasteiger partial charge in [-0.15, -0.1) is 0 Å². The van der Waals surface area contributed by atoms with Crippen LogP contribution in [0.4, 0.5) is 0 Å². The molecule has 0 radical (unpaired) electrons. The average molecular weight is 213 g/mol. The molecule has 1 aliphatic heterocycles. The first kappa shape index (κ1) is 9.36. The molecule has 0 bridgehead atoms. The average Bonchev–Trinajstić information content (AvgIpc) is 2.27. The third-order valence-corrected chi connectivity index (χ3v) is 2.74. The fourth-order valence-electron chi connectivity index (χ4n) is 1.94. The maximum Gasteiger partial charge on any atom is 0.225 e. The van der Waals surface area contributed by atoms with Crippen molar-refractivity contribution >= 4 is 10.9 Å². The Bertz CT molecular complexity index is 577. The first-order valence-corrected chi connectivity index (χ1v) is 5.17. The van der Waals surface area contributed by atoms with Crippen molar-refractivity contribution in [2.24, 2.45) is 0 Å². The van der Waals surface area contributed by atoms with Gasteiger partial charge in [-0.2, -0.15) is 0 Å². The summed E-state index contributed by atoms with van der Waals surface area (Å²) in [5, 5.41) is 10.9. The van der Waals surface area contributed by atoms with Crippen LogP contribution in [0, 0.1) is 0 Å². The number of para-hydroxylation sites is 1. The lowest BCUT2D eigenvalue weighted by Crippen LogP contribution is -2.12. The Morgan fingerprint density at radius 3 is 3.06 bits per heavy atom. The largest absolute Gasteiger partial charge is 0.443 e. The molecule has 0 saturated heterocycles. The topological polar surface area (TPSA) is 42.4 Å². The Balaban J connectivity index is 2.26. The molecule has 80 valence electrons. The van der Waals surface area contributed by atoms with Crippen LogP contribution in [0.15, 0.2) is 42.7 Å². The number of hydrogen-bond donors (Lipinski definition) is 1. The van der Waals surface area contributed by atoms with Crippen molar-refractivity contribution in [3.8, 4) is 5.88 Å². The fourth-order valence-corrected chi connectivity index (χ4v) is 1.94. The second-order valence-electron chi connectivity index (χ2n) is 3.94. The molecule has 1 N–H and O–H groups in total. The summed E-state index contributed by atoms with van der Waals surface area (Å²) in [6, 6.07) is 9.69. The zero-order valence-corrected chi connectivity index (χ0v) is 8.68. The third kappa shape index (κ3) is 1.37. The second kappa shape index (κ2) is 3.32. The summed E-state index contributed by atoms with van der Waals surface area (Å²) in [5.74, 6) is 1.03. The van der Waals surface area contributed by atoms with E-state index in [4.69, 9.17) is 4.74 Å². The van der Waals surface area contributed by atoms with Crippen LogP contribution in [0.1, 0.15) is 18.1 Å². The highest BCUT2D eigenvalue weighted by Crippen LogP contribution is 2.36. The molecular formula is C13H11NO2. The normalized spacial score (nSPS) is 19.3. The maximum atomic E-state index is 9.91. The highest BCUT2D eigenvalue weighted by Gasteiger charge is 2.23. The van der Waals surface area contributed by atoms with Crippen molar-refractivity contribution in [2.45, 2.75) is 12.5 Å². The van der Waals surface area contributed by atoms with Crippen LogP contribution in [-0.2, 0) is 0 Å². The van der Waals surface area contributed by atoms with Crippen LogP contribution in [0.25, 0.3) is 10.9 Å². The first-order valence-electron chi connectivity index (χ1n) is 5.17. The van der Waals surface area contributed by atoms with E-state index >= 15 is 0 Å². The lowest BCUT2D eigenvalue weighted by atomic mass is 10.0. The SMILES string of the molecule is C=C1CC(O)c2cc3ccccc3nc2O1. The second-order valence-corrected chi connectivity index (χ2v) is 3.94. The molecule has 3 rings (SSSR count). The van der Waals surface area contributed by atoms with Gasteiger partial charge in [0.2, 0.25) is 5.88 Å². The number of benzene rings is 1. The van der Waals surface area contributed by atoms with Gasteiger partial charge >= 0.3 is 0 Å². The van der Waals surface area contributed by atoms with Crippen LogP contribution in [0.3, 0.4) is 0 Å². The standard InChI is InChI=1S/C13H11NO2/c1-8-6-12(15)10-7-9-4-2-3-5-11(9)14-13(10)16-8/h2-5,7,12,15H,1,6H2. The zero-order valence-electron chi connectivity index (χ0n) is 8.68. The van der Waals surface area contributed by atoms with Crippen molar-refractivity contribution in [3.63, 3.8) is 0 Å². The number of hydrogen-bond acceptors (Lipinski definition) is 3. The summed E-state index contributed by atoms with van der Waals surface area (Å²) in [4.78, 5) is 4.37. The van der Waals surface area contributed by atoms with Gasteiger partial charge in [0.25, 0.3) is 0 Å². The van der Waals surface area contributed by atoms with Crippen LogP contribution >= 0.6 is 0 Å². The molecule has 0 saturated carbocycles. The van der Waals surface area contributed by atoms with Gasteiger partial charge in [-0.25, -0.2) is 4.98 Å². The molecule has 1 unspecified atom stereocenters. The lowest BCUT2D eigenvalue weighted by Gasteiger charge is -2.22. The Kier molecular flexibility index (Phi) is 1.94. The smallest absolute Gasteiger partial charge is 0.225 e. The molecule has 2 aromatic rings. The van der Waals surface area contributed by atoms with Gasteiger partial charge in [0.15, 0.2) is 0 Å². The Morgan fingerprint density at radius 1 is 1.38 bits per heavy atom. The van der Waals surface area contributed by atoms with E-state index in [0.717, 1.165) is 16.5 Å². The summed E-state index contributed by atoms with van der Waals surface area (Å²) in [6.07, 6.45) is -0.124. The molecule has 3 nitrogen and oxygen atoms in total. The number of pyridine rings is 1. The highest BCUT2D eigenvalue weighted by atomic mass is 16.5. The van der Waals surface area contributed by atoms with Gasteiger partial charge in [0, 0.05) is 17.4 Å². The van der Waals surface area contributed by atoms with Gasteiger partial charge in [-0.05, 0) is 12.1 Å². The Labute approximate surface area is 93.0 Å². The van der Waals surface area contributed by atoms with E-state index in [-0.39, 0.29) is 0 Å². The number of nitrogens with zero attached hydrogens (tertiary/aromatic N) is 1. The third-order valence-electron chi connectivity index (χ3n) is 2.74. The summed E-state index contributed by atoms with van der Waals surface area (Å²) < 4.78 is 5.44. The van der Waals surface area contributed by atoms with E-state index in [1.165, 1.54) is 0 Å². The van der Waals surface area contributed by atoms with Gasteiger partial charge in [-0.1, -0.05) is 24.8 Å². The fraction of sp³-hybridized carbons (Fsp3) is 0.154. The van der Waals surface area contributed by atoms with E-state index in [1.54, 1.807) is 0 Å².